The first-order chi connectivity index (χ1) is 8.13. The Labute approximate surface area is 110 Å². The van der Waals surface area contributed by atoms with Crippen molar-refractivity contribution in [2.24, 2.45) is 11.3 Å². The van der Waals surface area contributed by atoms with Gasteiger partial charge in [0.25, 0.3) is 0 Å². The van der Waals surface area contributed by atoms with Crippen molar-refractivity contribution in [2.75, 3.05) is 0 Å². The Morgan fingerprint density at radius 1 is 1.33 bits per heavy atom. The summed E-state index contributed by atoms with van der Waals surface area (Å²) in [7, 11) is 0. The van der Waals surface area contributed by atoms with E-state index in [2.05, 4.69) is 6.58 Å². The fraction of sp³-hybridized carbons (Fsp3) is 0.867. The van der Waals surface area contributed by atoms with Crippen molar-refractivity contribution in [3.63, 3.8) is 0 Å². The third-order valence-corrected chi connectivity index (χ3v) is 5.39. The van der Waals surface area contributed by atoms with Crippen LogP contribution in [0, 0.1) is 11.3 Å². The summed E-state index contributed by atoms with van der Waals surface area (Å²) in [5.74, 6) is -0.301. The van der Waals surface area contributed by atoms with Gasteiger partial charge in [0.15, 0.2) is 0 Å². The Bertz CT molecular complexity index is 357. The van der Waals surface area contributed by atoms with Crippen LogP contribution in [0.2, 0.25) is 0 Å². The van der Waals surface area contributed by atoms with Gasteiger partial charge < -0.3 is 15.3 Å². The maximum Gasteiger partial charge on any atom is 0.117 e. The van der Waals surface area contributed by atoms with Crippen LogP contribution < -0.4 is 0 Å². The fourth-order valence-electron chi connectivity index (χ4n) is 4.04. The number of aliphatic hydroxyl groups is 3. The minimum Gasteiger partial charge on any atom is -0.390 e. The summed E-state index contributed by atoms with van der Waals surface area (Å²) in [5, 5.41) is 31.9. The van der Waals surface area contributed by atoms with E-state index in [0.29, 0.717) is 0 Å². The second-order valence-electron chi connectivity index (χ2n) is 7.03. The van der Waals surface area contributed by atoms with E-state index in [1.165, 1.54) is 0 Å². The van der Waals surface area contributed by atoms with Crippen LogP contribution in [-0.2, 0) is 0 Å². The van der Waals surface area contributed by atoms with Crippen LogP contribution in [0.1, 0.15) is 52.9 Å². The molecule has 3 N–H and O–H groups in total. The molecule has 0 unspecified atom stereocenters. The molecule has 3 heteroatoms. The van der Waals surface area contributed by atoms with E-state index in [0.717, 1.165) is 37.7 Å². The van der Waals surface area contributed by atoms with Gasteiger partial charge in [-0.25, -0.2) is 0 Å². The van der Waals surface area contributed by atoms with Crippen LogP contribution in [0.3, 0.4) is 0 Å². The van der Waals surface area contributed by atoms with E-state index in [-0.39, 0.29) is 11.3 Å². The minimum absolute atomic E-state index is 0.301. The monoisotopic (exact) mass is 254 g/mol. The Morgan fingerprint density at radius 2 is 1.94 bits per heavy atom. The molecule has 3 nitrogen and oxygen atoms in total. The summed E-state index contributed by atoms with van der Waals surface area (Å²) in [6.45, 7) is 9.45. The van der Waals surface area contributed by atoms with Crippen molar-refractivity contribution in [1.29, 1.82) is 0 Å². The fourth-order valence-corrected chi connectivity index (χ4v) is 4.04. The van der Waals surface area contributed by atoms with Crippen molar-refractivity contribution in [2.45, 2.75) is 70.2 Å². The lowest BCUT2D eigenvalue weighted by Gasteiger charge is -2.59. The zero-order chi connectivity index (χ0) is 13.8. The molecule has 0 aliphatic heterocycles. The van der Waals surface area contributed by atoms with Crippen LogP contribution in [0.5, 0.6) is 0 Å². The highest BCUT2D eigenvalue weighted by Crippen LogP contribution is 2.57. The maximum absolute atomic E-state index is 11.1. The predicted octanol–water partition coefficient (Wildman–Crippen LogP) is 2.01. The molecule has 0 spiro atoms. The zero-order valence-electron chi connectivity index (χ0n) is 11.7. The number of fused-ring (bicyclic) bond motifs is 1. The molecule has 18 heavy (non-hydrogen) atoms. The van der Waals surface area contributed by atoms with Gasteiger partial charge >= 0.3 is 0 Å². The van der Waals surface area contributed by atoms with E-state index in [4.69, 9.17) is 0 Å². The van der Waals surface area contributed by atoms with Gasteiger partial charge in [-0.1, -0.05) is 13.5 Å². The van der Waals surface area contributed by atoms with Gasteiger partial charge in [0, 0.05) is 11.3 Å². The van der Waals surface area contributed by atoms with Gasteiger partial charge in [-0.15, -0.1) is 0 Å². The van der Waals surface area contributed by atoms with Crippen LogP contribution in [0.15, 0.2) is 12.2 Å². The smallest absolute Gasteiger partial charge is 0.117 e. The topological polar surface area (TPSA) is 60.7 Å². The van der Waals surface area contributed by atoms with Crippen LogP contribution in [-0.4, -0.2) is 32.6 Å². The molecule has 0 saturated heterocycles. The molecule has 104 valence electrons. The Hall–Kier alpha value is -0.380. The molecule has 4 atom stereocenters. The highest BCUT2D eigenvalue weighted by molar-refractivity contribution is 5.27. The molecule has 2 aliphatic carbocycles. The maximum atomic E-state index is 11.1. The van der Waals surface area contributed by atoms with E-state index >= 15 is 0 Å². The van der Waals surface area contributed by atoms with E-state index in [9.17, 15) is 15.3 Å². The third-order valence-electron chi connectivity index (χ3n) is 5.39. The molecular weight excluding hydrogens is 228 g/mol. The van der Waals surface area contributed by atoms with E-state index in [1.807, 2.05) is 6.92 Å². The highest BCUT2D eigenvalue weighted by Gasteiger charge is 2.61. The van der Waals surface area contributed by atoms with Crippen LogP contribution in [0.4, 0.5) is 0 Å². The van der Waals surface area contributed by atoms with Gasteiger partial charge in [0.1, 0.15) is 5.60 Å². The first kappa shape index (κ1) is 14.0. The van der Waals surface area contributed by atoms with Crippen molar-refractivity contribution in [1.82, 2.24) is 0 Å². The normalized spacial score (nSPS) is 45.8. The van der Waals surface area contributed by atoms with Crippen LogP contribution in [0.25, 0.3) is 0 Å². The zero-order valence-corrected chi connectivity index (χ0v) is 11.7. The Kier molecular flexibility index (Phi) is 3.16. The molecule has 0 radical (unpaired) electrons. The standard InChI is InChI=1S/C15H26O3/c1-10-6-5-8-14(4)9-7-11(13(2,3)17)12(16)15(10,14)18/h11-12,16-18H,1,5-9H2,2-4H3/t11-,12-,14-,15+/m0/s1. The van der Waals surface area contributed by atoms with Gasteiger partial charge in [-0.05, 0) is 51.5 Å². The lowest BCUT2D eigenvalue weighted by Crippen LogP contribution is -2.65. The molecular formula is C15H26O3. The van der Waals surface area contributed by atoms with Gasteiger partial charge in [-0.2, -0.15) is 0 Å². The van der Waals surface area contributed by atoms with Crippen LogP contribution >= 0.6 is 0 Å². The van der Waals surface area contributed by atoms with E-state index < -0.39 is 17.3 Å². The molecule has 0 bridgehead atoms. The van der Waals surface area contributed by atoms with Gasteiger partial charge in [0.05, 0.1) is 11.7 Å². The Morgan fingerprint density at radius 3 is 2.50 bits per heavy atom. The summed E-state index contributed by atoms with van der Waals surface area (Å²) in [6, 6.07) is 0. The Balaban J connectivity index is 2.40. The van der Waals surface area contributed by atoms with Gasteiger partial charge in [-0.3, -0.25) is 0 Å². The number of hydrogen-bond acceptors (Lipinski definition) is 3. The van der Waals surface area contributed by atoms with Gasteiger partial charge in [0.2, 0.25) is 0 Å². The van der Waals surface area contributed by atoms with Crippen molar-refractivity contribution >= 4 is 0 Å². The van der Waals surface area contributed by atoms with Crippen molar-refractivity contribution in [3.8, 4) is 0 Å². The number of rotatable bonds is 1. The second kappa shape index (κ2) is 4.06. The quantitative estimate of drug-likeness (QED) is 0.627. The average Bonchev–Trinajstić information content (AvgIpc) is 2.22. The molecule has 2 aliphatic rings. The molecule has 0 amide bonds. The number of hydrogen-bond donors (Lipinski definition) is 3. The van der Waals surface area contributed by atoms with Crippen molar-refractivity contribution < 1.29 is 15.3 Å². The first-order valence-electron chi connectivity index (χ1n) is 6.94. The average molecular weight is 254 g/mol. The first-order valence-corrected chi connectivity index (χ1v) is 6.94. The summed E-state index contributed by atoms with van der Waals surface area (Å²) in [4.78, 5) is 0. The third kappa shape index (κ3) is 1.75. The SMILES string of the molecule is C=C1CCC[C@@]2(C)CC[C@H](C(C)(C)O)[C@H](O)[C@]12O. The lowest BCUT2D eigenvalue weighted by atomic mass is 9.51. The molecule has 2 saturated carbocycles. The summed E-state index contributed by atoms with van der Waals surface area (Å²) in [6.07, 6.45) is 3.35. The van der Waals surface area contributed by atoms with Crippen molar-refractivity contribution in [3.05, 3.63) is 12.2 Å². The molecule has 0 aromatic heterocycles. The highest BCUT2D eigenvalue weighted by atomic mass is 16.3. The molecule has 2 rings (SSSR count). The number of aliphatic hydroxyl groups excluding tert-OH is 1. The molecule has 0 aromatic rings. The second-order valence-corrected chi connectivity index (χ2v) is 7.03. The summed E-state index contributed by atoms with van der Waals surface area (Å²) >= 11 is 0. The molecule has 2 fully saturated rings. The molecule has 0 heterocycles. The summed E-state index contributed by atoms with van der Waals surface area (Å²) < 4.78 is 0. The molecule has 0 aromatic carbocycles. The largest absolute Gasteiger partial charge is 0.390 e. The minimum atomic E-state index is -1.24. The predicted molar refractivity (Wildman–Crippen MR) is 71.1 cm³/mol. The lowest BCUT2D eigenvalue weighted by molar-refractivity contribution is -0.213. The van der Waals surface area contributed by atoms with E-state index in [1.54, 1.807) is 13.8 Å². The summed E-state index contributed by atoms with van der Waals surface area (Å²) in [5.41, 5.74) is -1.79.